The fourth-order valence-electron chi connectivity index (χ4n) is 3.88. The minimum atomic E-state index is 0.122. The Morgan fingerprint density at radius 2 is 1.95 bits per heavy atom. The van der Waals surface area contributed by atoms with Crippen LogP contribution in [-0.2, 0) is 6.54 Å². The number of hydrogen-bond donors (Lipinski definition) is 2. The average Bonchev–Trinajstić information content (AvgIpc) is 2.85. The molecule has 1 atom stereocenters. The van der Waals surface area contributed by atoms with E-state index in [9.17, 15) is 0 Å². The van der Waals surface area contributed by atoms with Gasteiger partial charge in [0.2, 0.25) is 0 Å². The second-order valence-corrected chi connectivity index (χ2v) is 7.73. The van der Waals surface area contributed by atoms with Crippen LogP contribution in [0.5, 0.6) is 0 Å². The molecule has 0 radical (unpaired) electrons. The van der Waals surface area contributed by atoms with Crippen LogP contribution in [0.15, 0.2) is 12.1 Å². The minimum absolute atomic E-state index is 0.122. The summed E-state index contributed by atoms with van der Waals surface area (Å²) in [6.45, 7) is 11.7. The predicted molar refractivity (Wildman–Crippen MR) is 93.9 cm³/mol. The summed E-state index contributed by atoms with van der Waals surface area (Å²) in [5.74, 6) is 0. The van der Waals surface area contributed by atoms with E-state index in [1.807, 2.05) is 6.07 Å². The van der Waals surface area contributed by atoms with Crippen molar-refractivity contribution in [2.45, 2.75) is 46.3 Å². The van der Waals surface area contributed by atoms with E-state index in [0.29, 0.717) is 6.04 Å². The number of fused-ring (bicyclic) bond motifs is 1. The molecule has 1 fully saturated rings. The lowest BCUT2D eigenvalue weighted by atomic mass is 9.89. The third-order valence-electron chi connectivity index (χ3n) is 5.12. The first kappa shape index (κ1) is 15.4. The molecule has 2 aliphatic heterocycles. The number of hydrogen-bond acceptors (Lipinski definition) is 5. The molecule has 3 rings (SSSR count). The quantitative estimate of drug-likeness (QED) is 0.819. The van der Waals surface area contributed by atoms with E-state index in [2.05, 4.69) is 55.7 Å². The number of nitrogen functional groups attached to an aromatic ring is 1. The van der Waals surface area contributed by atoms with Crippen LogP contribution in [0.25, 0.3) is 0 Å². The lowest BCUT2D eigenvalue weighted by Crippen LogP contribution is -2.39. The monoisotopic (exact) mass is 303 g/mol. The van der Waals surface area contributed by atoms with Gasteiger partial charge in [-0.3, -0.25) is 0 Å². The molecule has 2 heterocycles. The van der Waals surface area contributed by atoms with Crippen molar-refractivity contribution in [1.29, 1.82) is 0 Å². The fourth-order valence-corrected chi connectivity index (χ4v) is 3.88. The van der Waals surface area contributed by atoms with Crippen molar-refractivity contribution in [2.24, 2.45) is 11.1 Å². The van der Waals surface area contributed by atoms with Gasteiger partial charge in [0.1, 0.15) is 0 Å². The van der Waals surface area contributed by atoms with Crippen molar-refractivity contribution in [3.05, 3.63) is 17.7 Å². The van der Waals surface area contributed by atoms with Gasteiger partial charge in [0.05, 0.1) is 17.1 Å². The summed E-state index contributed by atoms with van der Waals surface area (Å²) in [4.78, 5) is 2.39. The van der Waals surface area contributed by atoms with E-state index < -0.39 is 0 Å². The average molecular weight is 303 g/mol. The molecule has 0 aromatic heterocycles. The van der Waals surface area contributed by atoms with E-state index in [0.717, 1.165) is 25.3 Å². The Labute approximate surface area is 133 Å². The first-order valence-electron chi connectivity index (χ1n) is 8.14. The first-order valence-corrected chi connectivity index (χ1v) is 8.14. The molecule has 5 nitrogen and oxygen atoms in total. The van der Waals surface area contributed by atoms with Crippen molar-refractivity contribution >= 4 is 17.1 Å². The maximum atomic E-state index is 6.35. The second kappa shape index (κ2) is 5.03. The van der Waals surface area contributed by atoms with Gasteiger partial charge in [0.15, 0.2) is 0 Å². The maximum absolute atomic E-state index is 6.35. The van der Waals surface area contributed by atoms with Gasteiger partial charge in [0, 0.05) is 44.3 Å². The largest absolute Gasteiger partial charge is 0.397 e. The number of benzene rings is 1. The standard InChI is InChI=1S/C17H29N5/c1-11(2)22-14-7-6-13(18)16(12(14)8-20(22)5)21-9-15(19)17(3,4)10-21/h6-7,11,15H,8-10,18-19H2,1-5H3. The van der Waals surface area contributed by atoms with Gasteiger partial charge in [-0.05, 0) is 31.4 Å². The van der Waals surface area contributed by atoms with Crippen molar-refractivity contribution in [3.63, 3.8) is 0 Å². The van der Waals surface area contributed by atoms with E-state index in [1.165, 1.54) is 16.9 Å². The predicted octanol–water partition coefficient (Wildman–Crippen LogP) is 2.02. The molecular formula is C17H29N5. The van der Waals surface area contributed by atoms with Crippen LogP contribution in [0.3, 0.4) is 0 Å². The molecular weight excluding hydrogens is 274 g/mol. The highest BCUT2D eigenvalue weighted by Gasteiger charge is 2.40. The zero-order valence-electron chi connectivity index (χ0n) is 14.4. The summed E-state index contributed by atoms with van der Waals surface area (Å²) < 4.78 is 0. The Balaban J connectivity index is 2.04. The summed E-state index contributed by atoms with van der Waals surface area (Å²) in [6, 6.07) is 4.81. The number of rotatable bonds is 2. The third kappa shape index (κ3) is 2.23. The van der Waals surface area contributed by atoms with Crippen LogP contribution in [0, 0.1) is 5.41 Å². The van der Waals surface area contributed by atoms with E-state index in [4.69, 9.17) is 11.5 Å². The summed E-state index contributed by atoms with van der Waals surface area (Å²) in [5.41, 5.74) is 17.5. The van der Waals surface area contributed by atoms with Crippen LogP contribution in [0.1, 0.15) is 33.3 Å². The first-order chi connectivity index (χ1) is 10.2. The smallest absolute Gasteiger partial charge is 0.0668 e. The SMILES string of the molecule is CC(C)N1c2ccc(N)c(N3CC(N)C(C)(C)C3)c2CN1C. The molecule has 0 aliphatic carbocycles. The Morgan fingerprint density at radius 1 is 1.27 bits per heavy atom. The summed E-state index contributed by atoms with van der Waals surface area (Å²) in [6.07, 6.45) is 0. The molecule has 1 unspecified atom stereocenters. The van der Waals surface area contributed by atoms with Crippen molar-refractivity contribution in [2.75, 3.05) is 35.8 Å². The van der Waals surface area contributed by atoms with Gasteiger partial charge >= 0.3 is 0 Å². The molecule has 1 saturated heterocycles. The van der Waals surface area contributed by atoms with Crippen LogP contribution in [-0.4, -0.2) is 37.2 Å². The minimum Gasteiger partial charge on any atom is -0.397 e. The van der Waals surface area contributed by atoms with Crippen LogP contribution < -0.4 is 21.4 Å². The molecule has 4 N–H and O–H groups in total. The Bertz CT molecular complexity index is 581. The second-order valence-electron chi connectivity index (χ2n) is 7.73. The summed E-state index contributed by atoms with van der Waals surface area (Å²) >= 11 is 0. The number of nitrogens with zero attached hydrogens (tertiary/aromatic N) is 3. The summed E-state index contributed by atoms with van der Waals surface area (Å²) in [5, 5.41) is 4.62. The number of nitrogens with two attached hydrogens (primary N) is 2. The van der Waals surface area contributed by atoms with Gasteiger partial charge in [-0.1, -0.05) is 13.8 Å². The van der Waals surface area contributed by atoms with Gasteiger partial charge < -0.3 is 21.4 Å². The van der Waals surface area contributed by atoms with E-state index in [1.54, 1.807) is 0 Å². The number of anilines is 3. The molecule has 22 heavy (non-hydrogen) atoms. The Hall–Kier alpha value is -1.46. The van der Waals surface area contributed by atoms with E-state index >= 15 is 0 Å². The molecule has 122 valence electrons. The highest BCUT2D eigenvalue weighted by atomic mass is 15.6. The normalized spacial score (nSPS) is 24.4. The molecule has 0 spiro atoms. The molecule has 0 bridgehead atoms. The van der Waals surface area contributed by atoms with E-state index in [-0.39, 0.29) is 11.5 Å². The molecule has 1 aromatic carbocycles. The van der Waals surface area contributed by atoms with Crippen molar-refractivity contribution < 1.29 is 0 Å². The van der Waals surface area contributed by atoms with Crippen LogP contribution >= 0.6 is 0 Å². The van der Waals surface area contributed by atoms with Gasteiger partial charge in [-0.2, -0.15) is 0 Å². The molecule has 2 aliphatic rings. The lowest BCUT2D eigenvalue weighted by Gasteiger charge is -2.31. The van der Waals surface area contributed by atoms with Gasteiger partial charge in [-0.15, -0.1) is 0 Å². The van der Waals surface area contributed by atoms with Gasteiger partial charge in [-0.25, -0.2) is 5.01 Å². The Kier molecular flexibility index (Phi) is 3.53. The topological polar surface area (TPSA) is 61.8 Å². The zero-order chi connectivity index (χ0) is 16.2. The zero-order valence-corrected chi connectivity index (χ0v) is 14.4. The summed E-state index contributed by atoms with van der Waals surface area (Å²) in [7, 11) is 2.14. The van der Waals surface area contributed by atoms with Crippen molar-refractivity contribution in [1.82, 2.24) is 5.01 Å². The fraction of sp³-hybridized carbons (Fsp3) is 0.647. The third-order valence-corrected chi connectivity index (χ3v) is 5.12. The van der Waals surface area contributed by atoms with Crippen LogP contribution in [0.4, 0.5) is 17.1 Å². The van der Waals surface area contributed by atoms with Crippen LogP contribution in [0.2, 0.25) is 0 Å². The molecule has 0 saturated carbocycles. The Morgan fingerprint density at radius 3 is 2.50 bits per heavy atom. The van der Waals surface area contributed by atoms with Crippen molar-refractivity contribution in [3.8, 4) is 0 Å². The molecule has 0 amide bonds. The highest BCUT2D eigenvalue weighted by molar-refractivity contribution is 5.81. The molecule has 1 aromatic rings. The van der Waals surface area contributed by atoms with Gasteiger partial charge in [0.25, 0.3) is 0 Å². The highest BCUT2D eigenvalue weighted by Crippen LogP contribution is 2.44. The lowest BCUT2D eigenvalue weighted by molar-refractivity contribution is 0.301. The number of hydrazine groups is 1. The molecule has 5 heteroatoms. The maximum Gasteiger partial charge on any atom is 0.0668 e.